The number of nitrogens with zero attached hydrogens (tertiary/aromatic N) is 2. The van der Waals surface area contributed by atoms with Crippen molar-refractivity contribution >= 4 is 45.4 Å². The summed E-state index contributed by atoms with van der Waals surface area (Å²) in [5.74, 6) is 0.0114. The molecule has 146 valence electrons. The molecule has 4 rings (SSSR count). The normalized spacial score (nSPS) is 10.7. The van der Waals surface area contributed by atoms with Gasteiger partial charge in [0.05, 0.1) is 10.7 Å². The molecule has 2 aromatic heterocycles. The number of aryl methyl sites for hydroxylation is 2. The largest absolute Gasteiger partial charge is 0.354 e. The number of halogens is 1. The van der Waals surface area contributed by atoms with Crippen LogP contribution in [-0.2, 0) is 0 Å². The van der Waals surface area contributed by atoms with Crippen molar-refractivity contribution in [2.75, 3.05) is 10.6 Å². The van der Waals surface area contributed by atoms with Crippen molar-refractivity contribution in [3.8, 4) is 11.5 Å². The van der Waals surface area contributed by atoms with E-state index in [0.29, 0.717) is 22.2 Å². The predicted octanol–water partition coefficient (Wildman–Crippen LogP) is 6.06. The molecule has 0 aliphatic heterocycles. The summed E-state index contributed by atoms with van der Waals surface area (Å²) in [6.07, 6.45) is 0. The lowest BCUT2D eigenvalue weighted by Gasteiger charge is -2.05. The predicted molar refractivity (Wildman–Crippen MR) is 116 cm³/mol. The van der Waals surface area contributed by atoms with E-state index in [9.17, 15) is 4.79 Å². The van der Waals surface area contributed by atoms with Crippen molar-refractivity contribution in [3.63, 3.8) is 0 Å². The summed E-state index contributed by atoms with van der Waals surface area (Å²) in [7, 11) is 0. The summed E-state index contributed by atoms with van der Waals surface area (Å²) in [5, 5.41) is 12.9. The number of rotatable bonds is 5. The lowest BCUT2D eigenvalue weighted by atomic mass is 10.2. The average Bonchev–Trinajstić information content (AvgIpc) is 3.35. The van der Waals surface area contributed by atoms with E-state index in [1.165, 1.54) is 16.9 Å². The first-order chi connectivity index (χ1) is 14.0. The number of aromatic nitrogens is 2. The van der Waals surface area contributed by atoms with Crippen LogP contribution >= 0.6 is 22.9 Å². The maximum absolute atomic E-state index is 12.4. The molecule has 0 fully saturated rings. The Balaban J connectivity index is 1.46. The Bertz CT molecular complexity index is 1170. The van der Waals surface area contributed by atoms with Crippen LogP contribution < -0.4 is 10.6 Å². The molecule has 29 heavy (non-hydrogen) atoms. The molecule has 0 aliphatic carbocycles. The molecule has 1 amide bonds. The fourth-order valence-corrected chi connectivity index (χ4v) is 3.62. The third kappa shape index (κ3) is 4.47. The Hall–Kier alpha value is -3.16. The van der Waals surface area contributed by atoms with Crippen LogP contribution in [0.15, 0.2) is 58.4 Å². The van der Waals surface area contributed by atoms with Gasteiger partial charge >= 0.3 is 0 Å². The molecule has 0 spiro atoms. The van der Waals surface area contributed by atoms with Crippen molar-refractivity contribution in [1.82, 2.24) is 10.1 Å². The van der Waals surface area contributed by atoms with Gasteiger partial charge in [-0.3, -0.25) is 4.79 Å². The van der Waals surface area contributed by atoms with Crippen LogP contribution in [0.1, 0.15) is 21.6 Å². The van der Waals surface area contributed by atoms with Crippen molar-refractivity contribution in [2.24, 2.45) is 0 Å². The number of benzene rings is 2. The third-order valence-corrected chi connectivity index (χ3v) is 5.25. The molecular formula is C21H17ClN4O2S. The molecule has 2 N–H and O–H groups in total. The zero-order chi connectivity index (χ0) is 20.4. The van der Waals surface area contributed by atoms with Gasteiger partial charge in [-0.05, 0) is 43.7 Å². The molecule has 6 nitrogen and oxygen atoms in total. The maximum atomic E-state index is 12.4. The minimum Gasteiger partial charge on any atom is -0.354 e. The van der Waals surface area contributed by atoms with Gasteiger partial charge in [-0.15, -0.1) is 11.3 Å². The van der Waals surface area contributed by atoms with Crippen molar-refractivity contribution < 1.29 is 9.32 Å². The summed E-state index contributed by atoms with van der Waals surface area (Å²) < 4.78 is 5.31. The van der Waals surface area contributed by atoms with Crippen LogP contribution in [0.25, 0.3) is 11.5 Å². The zero-order valence-electron chi connectivity index (χ0n) is 15.7. The monoisotopic (exact) mass is 424 g/mol. The Morgan fingerprint density at radius 1 is 1.07 bits per heavy atom. The van der Waals surface area contributed by atoms with Crippen LogP contribution in [0, 0.1) is 13.8 Å². The molecule has 0 saturated heterocycles. The van der Waals surface area contributed by atoms with Gasteiger partial charge in [-0.1, -0.05) is 40.5 Å². The van der Waals surface area contributed by atoms with E-state index in [1.54, 1.807) is 18.2 Å². The van der Waals surface area contributed by atoms with E-state index in [4.69, 9.17) is 16.1 Å². The molecular weight excluding hydrogens is 408 g/mol. The molecule has 2 aromatic carbocycles. The molecule has 0 bridgehead atoms. The van der Waals surface area contributed by atoms with Crippen LogP contribution in [0.3, 0.4) is 0 Å². The minimum atomic E-state index is -0.404. The Kier molecular flexibility index (Phi) is 5.33. The SMILES string of the molecule is Cc1ccc(Nc2nc(-c3cc(C(=O)Nc4ccc(C)cc4Cl)no3)cs2)cc1. The standard InChI is InChI=1S/C21H17ClN4O2S/c1-12-3-6-14(7-4-12)23-21-25-18(11-29-21)19-10-17(26-28-19)20(27)24-16-8-5-13(2)9-15(16)22/h3-11H,1-2H3,(H,23,25)(H,24,27). The summed E-state index contributed by atoms with van der Waals surface area (Å²) >= 11 is 7.60. The highest BCUT2D eigenvalue weighted by Gasteiger charge is 2.17. The van der Waals surface area contributed by atoms with Gasteiger partial charge in [-0.25, -0.2) is 4.98 Å². The highest BCUT2D eigenvalue weighted by molar-refractivity contribution is 7.14. The zero-order valence-corrected chi connectivity index (χ0v) is 17.3. The Morgan fingerprint density at radius 2 is 1.83 bits per heavy atom. The number of amides is 1. The van der Waals surface area contributed by atoms with Crippen molar-refractivity contribution in [1.29, 1.82) is 0 Å². The number of nitrogens with one attached hydrogen (secondary N) is 2. The second-order valence-electron chi connectivity index (χ2n) is 6.54. The average molecular weight is 425 g/mol. The van der Waals surface area contributed by atoms with Crippen LogP contribution in [-0.4, -0.2) is 16.0 Å². The quantitative estimate of drug-likeness (QED) is 0.406. The van der Waals surface area contributed by atoms with E-state index < -0.39 is 5.91 Å². The number of anilines is 3. The molecule has 8 heteroatoms. The molecule has 4 aromatic rings. The van der Waals surface area contributed by atoms with Gasteiger partial charge in [0.1, 0.15) is 5.69 Å². The lowest BCUT2D eigenvalue weighted by molar-refractivity contribution is 0.101. The smallest absolute Gasteiger partial charge is 0.277 e. The Labute approximate surface area is 176 Å². The van der Waals surface area contributed by atoms with Crippen molar-refractivity contribution in [3.05, 3.63) is 75.8 Å². The van der Waals surface area contributed by atoms with Gasteiger partial charge in [0, 0.05) is 17.1 Å². The molecule has 2 heterocycles. The van der Waals surface area contributed by atoms with E-state index in [2.05, 4.69) is 20.8 Å². The van der Waals surface area contributed by atoms with Crippen LogP contribution in [0.2, 0.25) is 5.02 Å². The first-order valence-electron chi connectivity index (χ1n) is 8.82. The number of carbonyl (C=O) groups excluding carboxylic acids is 1. The highest BCUT2D eigenvalue weighted by atomic mass is 35.5. The summed E-state index contributed by atoms with van der Waals surface area (Å²) in [4.78, 5) is 16.9. The fourth-order valence-electron chi connectivity index (χ4n) is 2.62. The summed E-state index contributed by atoms with van der Waals surface area (Å²) in [5.41, 5.74) is 4.42. The number of carbonyl (C=O) groups is 1. The molecule has 0 aliphatic rings. The second kappa shape index (κ2) is 8.06. The first-order valence-corrected chi connectivity index (χ1v) is 10.1. The molecule has 0 atom stereocenters. The van der Waals surface area contributed by atoms with Gasteiger partial charge in [0.15, 0.2) is 16.6 Å². The summed E-state index contributed by atoms with van der Waals surface area (Å²) in [6.45, 7) is 3.97. The fraction of sp³-hybridized carbons (Fsp3) is 0.0952. The van der Waals surface area contributed by atoms with E-state index in [-0.39, 0.29) is 5.69 Å². The van der Waals surface area contributed by atoms with Gasteiger partial charge in [0.25, 0.3) is 5.91 Å². The Morgan fingerprint density at radius 3 is 2.59 bits per heavy atom. The van der Waals surface area contributed by atoms with E-state index in [1.807, 2.05) is 49.6 Å². The molecule has 0 unspecified atom stereocenters. The maximum Gasteiger partial charge on any atom is 0.277 e. The van der Waals surface area contributed by atoms with Gasteiger partial charge < -0.3 is 15.2 Å². The summed E-state index contributed by atoms with van der Waals surface area (Å²) in [6, 6.07) is 15.0. The first kappa shape index (κ1) is 19.2. The number of hydrogen-bond acceptors (Lipinski definition) is 6. The van der Waals surface area contributed by atoms with Crippen LogP contribution in [0.5, 0.6) is 0 Å². The molecule has 0 saturated carbocycles. The van der Waals surface area contributed by atoms with E-state index >= 15 is 0 Å². The van der Waals surface area contributed by atoms with Crippen LogP contribution in [0.4, 0.5) is 16.5 Å². The second-order valence-corrected chi connectivity index (χ2v) is 7.81. The topological polar surface area (TPSA) is 80.0 Å². The van der Waals surface area contributed by atoms with Crippen molar-refractivity contribution in [2.45, 2.75) is 13.8 Å². The minimum absolute atomic E-state index is 0.151. The van der Waals surface area contributed by atoms with Gasteiger partial charge in [-0.2, -0.15) is 0 Å². The van der Waals surface area contributed by atoms with E-state index in [0.717, 1.165) is 16.4 Å². The highest BCUT2D eigenvalue weighted by Crippen LogP contribution is 2.28. The number of thiazole rings is 1. The number of hydrogen-bond donors (Lipinski definition) is 2. The molecule has 0 radical (unpaired) electrons. The lowest BCUT2D eigenvalue weighted by Crippen LogP contribution is -2.12. The third-order valence-electron chi connectivity index (χ3n) is 4.18. The van der Waals surface area contributed by atoms with Gasteiger partial charge in [0.2, 0.25) is 0 Å².